The molecule has 1 N–H and O–H groups in total. The first-order valence-corrected chi connectivity index (χ1v) is 10.2. The second kappa shape index (κ2) is 8.80. The molecule has 0 aliphatic carbocycles. The van der Waals surface area contributed by atoms with Gasteiger partial charge in [-0.15, -0.1) is 0 Å². The topological polar surface area (TPSA) is 66.5 Å². The molecular formula is C17H18BrClN2O3S. The highest BCUT2D eigenvalue weighted by Crippen LogP contribution is 2.23. The molecule has 134 valence electrons. The van der Waals surface area contributed by atoms with Crippen LogP contribution in [0.15, 0.2) is 57.9 Å². The zero-order valence-electron chi connectivity index (χ0n) is 13.6. The molecule has 0 aliphatic heterocycles. The largest absolute Gasteiger partial charge is 0.355 e. The van der Waals surface area contributed by atoms with Gasteiger partial charge in [-0.3, -0.25) is 4.79 Å². The number of carbonyl (C=O) groups excluding carboxylic acids is 1. The molecule has 1 amide bonds. The van der Waals surface area contributed by atoms with Gasteiger partial charge in [0.2, 0.25) is 15.9 Å². The number of rotatable bonds is 7. The minimum absolute atomic E-state index is 0.00913. The van der Waals surface area contributed by atoms with Crippen LogP contribution in [0.3, 0.4) is 0 Å². The Labute approximate surface area is 161 Å². The third-order valence-corrected chi connectivity index (χ3v) is 6.15. The van der Waals surface area contributed by atoms with Crippen LogP contribution in [-0.4, -0.2) is 31.7 Å². The number of likely N-dealkylation sites (N-methyl/N-ethyl adjacent to an activating group) is 1. The first-order chi connectivity index (χ1) is 11.8. The molecule has 0 aromatic heterocycles. The first-order valence-electron chi connectivity index (χ1n) is 7.60. The van der Waals surface area contributed by atoms with E-state index < -0.39 is 10.0 Å². The molecule has 8 heteroatoms. The summed E-state index contributed by atoms with van der Waals surface area (Å²) in [6.45, 7) is 1.93. The lowest BCUT2D eigenvalue weighted by Crippen LogP contribution is -2.40. The number of nitrogens with one attached hydrogen (secondary N) is 1. The van der Waals surface area contributed by atoms with Crippen molar-refractivity contribution < 1.29 is 13.2 Å². The Morgan fingerprint density at radius 3 is 2.40 bits per heavy atom. The average Bonchev–Trinajstić information content (AvgIpc) is 2.57. The van der Waals surface area contributed by atoms with Gasteiger partial charge >= 0.3 is 0 Å². The molecule has 0 saturated heterocycles. The van der Waals surface area contributed by atoms with Crippen LogP contribution >= 0.6 is 27.5 Å². The fourth-order valence-electron chi connectivity index (χ4n) is 2.21. The smallest absolute Gasteiger partial charge is 0.243 e. The molecule has 0 aliphatic rings. The van der Waals surface area contributed by atoms with E-state index in [0.29, 0.717) is 17.1 Å². The van der Waals surface area contributed by atoms with E-state index in [0.717, 1.165) is 8.78 Å². The van der Waals surface area contributed by atoms with Gasteiger partial charge in [0.05, 0.1) is 11.4 Å². The van der Waals surface area contributed by atoms with Gasteiger partial charge in [0.25, 0.3) is 0 Å². The van der Waals surface area contributed by atoms with Crippen molar-refractivity contribution in [2.75, 3.05) is 13.1 Å². The van der Waals surface area contributed by atoms with Crippen LogP contribution in [0.5, 0.6) is 0 Å². The number of hydrogen-bond donors (Lipinski definition) is 1. The van der Waals surface area contributed by atoms with Crippen molar-refractivity contribution in [3.63, 3.8) is 0 Å². The SMILES string of the molecule is CCNC(=O)CN(Cc1ccccc1Cl)S(=O)(=O)c1ccc(Br)cc1. The zero-order valence-corrected chi connectivity index (χ0v) is 16.7. The highest BCUT2D eigenvalue weighted by Gasteiger charge is 2.27. The monoisotopic (exact) mass is 444 g/mol. The quantitative estimate of drug-likeness (QED) is 0.710. The van der Waals surface area contributed by atoms with E-state index in [1.54, 1.807) is 43.3 Å². The Kier molecular flexibility index (Phi) is 7.01. The maximum Gasteiger partial charge on any atom is 0.243 e. The Hall–Kier alpha value is -1.41. The molecule has 0 unspecified atom stereocenters. The summed E-state index contributed by atoms with van der Waals surface area (Å²) in [5.41, 5.74) is 0.633. The van der Waals surface area contributed by atoms with E-state index in [9.17, 15) is 13.2 Å². The van der Waals surface area contributed by atoms with Gasteiger partial charge in [-0.25, -0.2) is 8.42 Å². The number of benzene rings is 2. The third-order valence-electron chi connectivity index (χ3n) is 3.45. The summed E-state index contributed by atoms with van der Waals surface area (Å²) in [6, 6.07) is 13.3. The fourth-order valence-corrected chi connectivity index (χ4v) is 4.05. The van der Waals surface area contributed by atoms with Crippen molar-refractivity contribution >= 4 is 43.5 Å². The van der Waals surface area contributed by atoms with Gasteiger partial charge in [0, 0.05) is 22.6 Å². The molecule has 0 saturated carbocycles. The lowest BCUT2D eigenvalue weighted by Gasteiger charge is -2.22. The highest BCUT2D eigenvalue weighted by atomic mass is 79.9. The number of hydrogen-bond acceptors (Lipinski definition) is 3. The van der Waals surface area contributed by atoms with Crippen LogP contribution < -0.4 is 5.32 Å². The van der Waals surface area contributed by atoms with Crippen LogP contribution in [0.4, 0.5) is 0 Å². The van der Waals surface area contributed by atoms with E-state index in [-0.39, 0.29) is 23.9 Å². The molecule has 0 atom stereocenters. The molecule has 2 aromatic rings. The Morgan fingerprint density at radius 2 is 1.80 bits per heavy atom. The van der Waals surface area contributed by atoms with Crippen LogP contribution in [0.25, 0.3) is 0 Å². The second-order valence-electron chi connectivity index (χ2n) is 5.27. The predicted octanol–water partition coefficient (Wildman–Crippen LogP) is 3.43. The summed E-state index contributed by atoms with van der Waals surface area (Å²) in [4.78, 5) is 12.1. The van der Waals surface area contributed by atoms with E-state index in [1.807, 2.05) is 0 Å². The third kappa shape index (κ3) is 5.28. The van der Waals surface area contributed by atoms with Gasteiger partial charge in [-0.05, 0) is 42.8 Å². The first kappa shape index (κ1) is 19.9. The van der Waals surface area contributed by atoms with E-state index in [2.05, 4.69) is 21.2 Å². The minimum atomic E-state index is -3.85. The molecule has 0 fully saturated rings. The van der Waals surface area contributed by atoms with E-state index in [4.69, 9.17) is 11.6 Å². The second-order valence-corrected chi connectivity index (χ2v) is 8.53. The summed E-state index contributed by atoms with van der Waals surface area (Å²) >= 11 is 9.44. The molecule has 0 heterocycles. The predicted molar refractivity (Wildman–Crippen MR) is 102 cm³/mol. The van der Waals surface area contributed by atoms with Gasteiger partial charge in [0.1, 0.15) is 0 Å². The highest BCUT2D eigenvalue weighted by molar-refractivity contribution is 9.10. The summed E-state index contributed by atoms with van der Waals surface area (Å²) < 4.78 is 27.9. The van der Waals surface area contributed by atoms with Gasteiger partial charge in [-0.1, -0.05) is 45.7 Å². The molecule has 0 bridgehead atoms. The van der Waals surface area contributed by atoms with Crippen molar-refractivity contribution in [3.05, 3.63) is 63.6 Å². The maximum absolute atomic E-state index is 13.0. The van der Waals surface area contributed by atoms with E-state index >= 15 is 0 Å². The number of sulfonamides is 1. The normalized spacial score (nSPS) is 11.5. The summed E-state index contributed by atoms with van der Waals surface area (Å²) in [7, 11) is -3.85. The molecular weight excluding hydrogens is 428 g/mol. The molecule has 0 radical (unpaired) electrons. The maximum atomic E-state index is 13.0. The van der Waals surface area contributed by atoms with Crippen LogP contribution in [0, 0.1) is 0 Å². The van der Waals surface area contributed by atoms with Crippen molar-refractivity contribution in [1.82, 2.24) is 9.62 Å². The average molecular weight is 446 g/mol. The lowest BCUT2D eigenvalue weighted by atomic mass is 10.2. The number of amides is 1. The summed E-state index contributed by atoms with van der Waals surface area (Å²) in [5.74, 6) is -0.366. The lowest BCUT2D eigenvalue weighted by molar-refractivity contribution is -0.121. The number of nitrogens with zero attached hydrogens (tertiary/aromatic N) is 1. The van der Waals surface area contributed by atoms with Crippen molar-refractivity contribution in [3.8, 4) is 0 Å². The molecule has 2 rings (SSSR count). The van der Waals surface area contributed by atoms with Crippen LogP contribution in [0.2, 0.25) is 5.02 Å². The Morgan fingerprint density at radius 1 is 1.16 bits per heavy atom. The molecule has 5 nitrogen and oxygen atoms in total. The Bertz CT molecular complexity index is 841. The molecule has 2 aromatic carbocycles. The van der Waals surface area contributed by atoms with E-state index in [1.165, 1.54) is 12.1 Å². The van der Waals surface area contributed by atoms with Gasteiger partial charge < -0.3 is 5.32 Å². The standard InChI is InChI=1S/C17H18BrClN2O3S/c1-2-20-17(22)12-21(11-13-5-3-4-6-16(13)19)25(23,24)15-9-7-14(18)8-10-15/h3-10H,2,11-12H2,1H3,(H,20,22). The zero-order chi connectivity index (χ0) is 18.4. The van der Waals surface area contributed by atoms with Gasteiger partial charge in [0.15, 0.2) is 0 Å². The van der Waals surface area contributed by atoms with Gasteiger partial charge in [-0.2, -0.15) is 4.31 Å². The van der Waals surface area contributed by atoms with Crippen LogP contribution in [0.1, 0.15) is 12.5 Å². The fraction of sp³-hybridized carbons (Fsp3) is 0.235. The number of carbonyl (C=O) groups is 1. The van der Waals surface area contributed by atoms with Crippen LogP contribution in [-0.2, 0) is 21.4 Å². The van der Waals surface area contributed by atoms with Crippen molar-refractivity contribution in [2.24, 2.45) is 0 Å². The molecule has 25 heavy (non-hydrogen) atoms. The summed E-state index contributed by atoms with van der Waals surface area (Å²) in [6.07, 6.45) is 0. The number of halogens is 2. The molecule has 0 spiro atoms. The Balaban J connectivity index is 2.37. The summed E-state index contributed by atoms with van der Waals surface area (Å²) in [5, 5.41) is 3.08. The van der Waals surface area contributed by atoms with Crippen molar-refractivity contribution in [1.29, 1.82) is 0 Å². The minimum Gasteiger partial charge on any atom is -0.355 e. The van der Waals surface area contributed by atoms with Crippen molar-refractivity contribution in [2.45, 2.75) is 18.4 Å².